The highest BCUT2D eigenvalue weighted by molar-refractivity contribution is 7.92. The van der Waals surface area contributed by atoms with Crippen LogP contribution in [0.4, 0.5) is 5.69 Å². The van der Waals surface area contributed by atoms with E-state index in [1.807, 2.05) is 24.3 Å². The number of benzene rings is 2. The molecule has 0 aromatic heterocycles. The number of aliphatic hydroxyl groups is 1. The highest BCUT2D eigenvalue weighted by Gasteiger charge is 2.36. The van der Waals surface area contributed by atoms with E-state index in [1.165, 1.54) is 0 Å². The van der Waals surface area contributed by atoms with E-state index in [-0.39, 0.29) is 17.7 Å². The molecule has 0 spiro atoms. The van der Waals surface area contributed by atoms with Crippen LogP contribution in [0.25, 0.3) is 0 Å². The number of nitrogens with one attached hydrogen (secondary N) is 2. The van der Waals surface area contributed by atoms with Gasteiger partial charge < -0.3 is 20.3 Å². The smallest absolute Gasteiger partial charge is 0.328 e. The zero-order valence-corrected chi connectivity index (χ0v) is 23.6. The van der Waals surface area contributed by atoms with E-state index in [4.69, 9.17) is 4.74 Å². The average Bonchev–Trinajstić information content (AvgIpc) is 2.93. The number of anilines is 1. The maximum absolute atomic E-state index is 12.9. The summed E-state index contributed by atoms with van der Waals surface area (Å²) in [5.74, 6) is -0.583. The molecule has 0 bridgehead atoms. The Bertz CT molecular complexity index is 1240. The van der Waals surface area contributed by atoms with Crippen molar-refractivity contribution in [3.63, 3.8) is 0 Å². The third kappa shape index (κ3) is 8.67. The first kappa shape index (κ1) is 29.8. The van der Waals surface area contributed by atoms with Gasteiger partial charge in [-0.05, 0) is 86.7 Å². The maximum atomic E-state index is 12.9. The number of hydrogen-bond donors (Lipinski definition) is 4. The van der Waals surface area contributed by atoms with Crippen molar-refractivity contribution in [2.24, 2.45) is 11.8 Å². The maximum Gasteiger partial charge on any atom is 0.328 e. The summed E-state index contributed by atoms with van der Waals surface area (Å²) in [6.45, 7) is 2.15. The standard InChI is InChI=1S/C29H39N3O7S/c1-40(37,38)31-23-9-13-25(14-10-23)39-24-11-7-20(8-12-24)19-32-17-15-22(16-18-32)28(34)30-26(29(35)36)27(33)21-5-3-2-4-6-21/h7-14,21-22,26-27,31,33H,2-6,15-19H2,1H3,(H,30,34)(H,35,36)/t26-,27-/m1/s1. The van der Waals surface area contributed by atoms with Crippen LogP contribution in [0.15, 0.2) is 48.5 Å². The lowest BCUT2D eigenvalue weighted by molar-refractivity contribution is -0.147. The number of ether oxygens (including phenoxy) is 1. The molecular weight excluding hydrogens is 534 g/mol. The minimum Gasteiger partial charge on any atom is -0.480 e. The van der Waals surface area contributed by atoms with Crippen LogP contribution in [-0.2, 0) is 26.2 Å². The third-order valence-corrected chi connectivity index (χ3v) is 8.33. The molecule has 1 saturated carbocycles. The fourth-order valence-corrected chi connectivity index (χ4v) is 6.09. The number of carbonyl (C=O) groups is 2. The Balaban J connectivity index is 1.23. The molecule has 2 atom stereocenters. The van der Waals surface area contributed by atoms with E-state index in [0.717, 1.165) is 50.5 Å². The Labute approximate surface area is 235 Å². The van der Waals surface area contributed by atoms with E-state index < -0.39 is 28.1 Å². The van der Waals surface area contributed by atoms with E-state index >= 15 is 0 Å². The molecule has 1 saturated heterocycles. The van der Waals surface area contributed by atoms with Crippen LogP contribution in [0.3, 0.4) is 0 Å². The predicted octanol–water partition coefficient (Wildman–Crippen LogP) is 3.57. The molecule has 4 N–H and O–H groups in total. The summed E-state index contributed by atoms with van der Waals surface area (Å²) in [6, 6.07) is 13.1. The molecule has 2 aromatic carbocycles. The largest absolute Gasteiger partial charge is 0.480 e. The summed E-state index contributed by atoms with van der Waals surface area (Å²) in [5.41, 5.74) is 1.56. The highest BCUT2D eigenvalue weighted by Crippen LogP contribution is 2.29. The Morgan fingerprint density at radius 2 is 1.52 bits per heavy atom. The Kier molecular flexibility index (Phi) is 10.0. The number of aliphatic hydroxyl groups excluding tert-OH is 1. The molecule has 2 fully saturated rings. The van der Waals surface area contributed by atoms with Crippen molar-refractivity contribution in [3.8, 4) is 11.5 Å². The second-order valence-corrected chi connectivity index (χ2v) is 12.7. The predicted molar refractivity (Wildman–Crippen MR) is 152 cm³/mol. The number of likely N-dealkylation sites (tertiary alicyclic amines) is 1. The molecule has 218 valence electrons. The van der Waals surface area contributed by atoms with Crippen LogP contribution in [0.2, 0.25) is 0 Å². The van der Waals surface area contributed by atoms with Crippen molar-refractivity contribution in [2.45, 2.75) is 63.6 Å². The summed E-state index contributed by atoms with van der Waals surface area (Å²) in [6.07, 6.45) is 5.95. The quantitative estimate of drug-likeness (QED) is 0.319. The minimum atomic E-state index is -3.33. The molecule has 0 unspecified atom stereocenters. The van der Waals surface area contributed by atoms with Crippen LogP contribution < -0.4 is 14.8 Å². The molecule has 2 aliphatic rings. The molecule has 1 aliphatic heterocycles. The Morgan fingerprint density at radius 1 is 0.950 bits per heavy atom. The highest BCUT2D eigenvalue weighted by atomic mass is 32.2. The van der Waals surface area contributed by atoms with Gasteiger partial charge in [0.15, 0.2) is 6.04 Å². The van der Waals surface area contributed by atoms with Gasteiger partial charge in [0.2, 0.25) is 15.9 Å². The molecule has 0 radical (unpaired) electrons. The number of nitrogens with zero attached hydrogens (tertiary/aromatic N) is 1. The van der Waals surface area contributed by atoms with Crippen LogP contribution in [0.5, 0.6) is 11.5 Å². The van der Waals surface area contributed by atoms with Gasteiger partial charge in [0.25, 0.3) is 0 Å². The summed E-state index contributed by atoms with van der Waals surface area (Å²) in [5, 5.41) is 23.0. The molecule has 11 heteroatoms. The summed E-state index contributed by atoms with van der Waals surface area (Å²) in [4.78, 5) is 27.0. The van der Waals surface area contributed by atoms with Crippen LogP contribution in [-0.4, -0.2) is 66.9 Å². The normalized spacial score (nSPS) is 18.9. The SMILES string of the molecule is CS(=O)(=O)Nc1ccc(Oc2ccc(CN3CCC(C(=O)N[C@@H](C(=O)O)[C@H](O)C4CCCCC4)CC3)cc2)cc1. The molecule has 1 amide bonds. The van der Waals surface area contributed by atoms with Gasteiger partial charge in [-0.2, -0.15) is 0 Å². The number of carboxylic acid groups (broad SMARTS) is 1. The van der Waals surface area contributed by atoms with Crippen molar-refractivity contribution in [1.29, 1.82) is 0 Å². The van der Waals surface area contributed by atoms with Crippen molar-refractivity contribution in [2.75, 3.05) is 24.1 Å². The average molecular weight is 574 g/mol. The lowest BCUT2D eigenvalue weighted by Gasteiger charge is -2.34. The zero-order chi connectivity index (χ0) is 28.7. The second kappa shape index (κ2) is 13.5. The van der Waals surface area contributed by atoms with Crippen molar-refractivity contribution in [3.05, 3.63) is 54.1 Å². The summed E-state index contributed by atoms with van der Waals surface area (Å²) >= 11 is 0. The monoisotopic (exact) mass is 573 g/mol. The minimum absolute atomic E-state index is 0.0847. The van der Waals surface area contributed by atoms with Crippen LogP contribution >= 0.6 is 0 Å². The molecule has 10 nitrogen and oxygen atoms in total. The van der Waals surface area contributed by atoms with Crippen molar-refractivity contribution < 1.29 is 33.0 Å². The van der Waals surface area contributed by atoms with E-state index in [0.29, 0.717) is 43.1 Å². The van der Waals surface area contributed by atoms with Crippen molar-refractivity contribution >= 4 is 27.6 Å². The van der Waals surface area contributed by atoms with Gasteiger partial charge >= 0.3 is 5.97 Å². The van der Waals surface area contributed by atoms with Gasteiger partial charge in [0, 0.05) is 18.2 Å². The second-order valence-electron chi connectivity index (χ2n) is 10.9. The molecule has 1 aliphatic carbocycles. The fourth-order valence-electron chi connectivity index (χ4n) is 5.53. The summed E-state index contributed by atoms with van der Waals surface area (Å²) in [7, 11) is -3.33. The molecule has 40 heavy (non-hydrogen) atoms. The number of hydrogen-bond acceptors (Lipinski definition) is 7. The van der Waals surface area contributed by atoms with Gasteiger partial charge in [0.1, 0.15) is 11.5 Å². The van der Waals surface area contributed by atoms with E-state index in [2.05, 4.69) is 14.9 Å². The lowest BCUT2D eigenvalue weighted by Crippen LogP contribution is -2.54. The van der Waals surface area contributed by atoms with Gasteiger partial charge in [-0.25, -0.2) is 13.2 Å². The number of sulfonamides is 1. The topological polar surface area (TPSA) is 145 Å². The van der Waals surface area contributed by atoms with Crippen LogP contribution in [0, 0.1) is 11.8 Å². The Hall–Kier alpha value is -3.15. The molecule has 4 rings (SSSR count). The number of carbonyl (C=O) groups excluding carboxylic acids is 1. The van der Waals surface area contributed by atoms with Gasteiger partial charge in [0.05, 0.1) is 12.4 Å². The first-order valence-corrected chi connectivity index (χ1v) is 15.7. The van der Waals surface area contributed by atoms with Gasteiger partial charge in [-0.1, -0.05) is 31.4 Å². The number of piperidine rings is 1. The van der Waals surface area contributed by atoms with E-state index in [9.17, 15) is 28.2 Å². The van der Waals surface area contributed by atoms with Crippen molar-refractivity contribution in [1.82, 2.24) is 10.2 Å². The van der Waals surface area contributed by atoms with Gasteiger partial charge in [-0.15, -0.1) is 0 Å². The Morgan fingerprint density at radius 3 is 2.08 bits per heavy atom. The zero-order valence-electron chi connectivity index (χ0n) is 22.8. The number of carboxylic acids is 1. The first-order valence-electron chi connectivity index (χ1n) is 13.9. The molecule has 1 heterocycles. The van der Waals surface area contributed by atoms with E-state index in [1.54, 1.807) is 24.3 Å². The fraction of sp³-hybridized carbons (Fsp3) is 0.517. The summed E-state index contributed by atoms with van der Waals surface area (Å²) < 4.78 is 30.9. The molecular formula is C29H39N3O7S. The van der Waals surface area contributed by atoms with Gasteiger partial charge in [-0.3, -0.25) is 14.4 Å². The van der Waals surface area contributed by atoms with Crippen LogP contribution in [0.1, 0.15) is 50.5 Å². The first-order chi connectivity index (χ1) is 19.1. The number of rotatable bonds is 11. The molecule has 2 aromatic rings. The number of aliphatic carboxylic acids is 1. The number of amides is 1. The lowest BCUT2D eigenvalue weighted by atomic mass is 9.82. The third-order valence-electron chi connectivity index (χ3n) is 7.72.